The number of nitrogens with one attached hydrogen (secondary N) is 5. The maximum Gasteiger partial charge on any atom is 0.255 e. The molecule has 2 fully saturated rings. The maximum atomic E-state index is 13.4. The third kappa shape index (κ3) is 13.1. The number of carbonyl (C=O) groups excluding carboxylic acids is 5. The SMILES string of the molecule is CN1CCC(Nc2cccc(C(=O)NCc3cccc(OCCCCCOCCCOCC(=O)Nc4cccc5c4CN(C4CCC(=O)NC4=O)C5=O)c3)c2)(c2nc(-c3ccncc3)n[nH]2)CC1.Cl. The molecule has 0 saturated carbocycles. The van der Waals surface area contributed by atoms with Crippen LogP contribution in [0.1, 0.15) is 89.0 Å². The number of aromatic nitrogens is 4. The van der Waals surface area contributed by atoms with Gasteiger partial charge in [0.1, 0.15) is 18.4 Å². The summed E-state index contributed by atoms with van der Waals surface area (Å²) < 4.78 is 17.3. The van der Waals surface area contributed by atoms with Crippen LogP contribution in [0.4, 0.5) is 11.4 Å². The van der Waals surface area contributed by atoms with Gasteiger partial charge >= 0.3 is 0 Å². The van der Waals surface area contributed by atoms with Crippen LogP contribution in [0.15, 0.2) is 91.3 Å². The second kappa shape index (κ2) is 24.0. The Bertz CT molecular complexity index is 2570. The van der Waals surface area contributed by atoms with Gasteiger partial charge in [0.05, 0.1) is 12.1 Å². The number of nitrogens with zero attached hydrogens (tertiary/aromatic N) is 5. The lowest BCUT2D eigenvalue weighted by molar-refractivity contribution is -0.137. The number of amides is 5. The molecule has 3 aromatic carbocycles. The zero-order valence-corrected chi connectivity index (χ0v) is 39.5. The summed E-state index contributed by atoms with van der Waals surface area (Å²) >= 11 is 0. The Hall–Kier alpha value is -6.73. The zero-order chi connectivity index (χ0) is 47.3. The topological polar surface area (TPSA) is 222 Å². The molecule has 2 aromatic heterocycles. The van der Waals surface area contributed by atoms with Crippen molar-refractivity contribution in [2.75, 3.05) is 63.8 Å². The van der Waals surface area contributed by atoms with Gasteiger partial charge in [0.15, 0.2) is 11.6 Å². The number of hydrogen-bond donors (Lipinski definition) is 5. The zero-order valence-electron chi connectivity index (χ0n) is 38.7. The molecular formula is C50H59ClN10O8. The largest absolute Gasteiger partial charge is 0.494 e. The van der Waals surface area contributed by atoms with Crippen LogP contribution in [0.3, 0.4) is 0 Å². The number of carbonyl (C=O) groups is 5. The highest BCUT2D eigenvalue weighted by Crippen LogP contribution is 2.36. The molecule has 3 aliphatic rings. The number of ether oxygens (including phenoxy) is 3. The molecule has 1 atom stereocenters. The second-order valence-corrected chi connectivity index (χ2v) is 17.4. The Labute approximate surface area is 407 Å². The molecule has 8 rings (SSSR count). The van der Waals surface area contributed by atoms with Crippen molar-refractivity contribution in [1.29, 1.82) is 0 Å². The molecule has 5 heterocycles. The second-order valence-electron chi connectivity index (χ2n) is 17.4. The number of benzene rings is 3. The molecule has 2 saturated heterocycles. The number of imide groups is 1. The molecule has 0 bridgehead atoms. The predicted molar refractivity (Wildman–Crippen MR) is 260 cm³/mol. The predicted octanol–water partition coefficient (Wildman–Crippen LogP) is 5.62. The van der Waals surface area contributed by atoms with Gasteiger partial charge in [-0.05, 0) is 112 Å². The first kappa shape index (κ1) is 50.2. The van der Waals surface area contributed by atoms with E-state index in [2.05, 4.69) is 48.4 Å². The van der Waals surface area contributed by atoms with E-state index in [-0.39, 0.29) is 62.0 Å². The van der Waals surface area contributed by atoms with Crippen molar-refractivity contribution in [2.24, 2.45) is 0 Å². The number of halogens is 1. The summed E-state index contributed by atoms with van der Waals surface area (Å²) in [5, 5.41) is 19.6. The van der Waals surface area contributed by atoms with E-state index in [1.807, 2.05) is 60.7 Å². The summed E-state index contributed by atoms with van der Waals surface area (Å²) in [5.74, 6) is 0.470. The fourth-order valence-electron chi connectivity index (χ4n) is 8.66. The summed E-state index contributed by atoms with van der Waals surface area (Å²) in [6.07, 6.45) is 8.82. The number of likely N-dealkylation sites (tertiary alicyclic amines) is 1. The number of anilines is 2. The van der Waals surface area contributed by atoms with Crippen LogP contribution in [0.2, 0.25) is 0 Å². The van der Waals surface area contributed by atoms with E-state index in [1.54, 1.807) is 30.6 Å². The van der Waals surface area contributed by atoms with Crippen LogP contribution < -0.4 is 26.0 Å². The first-order chi connectivity index (χ1) is 33.1. The van der Waals surface area contributed by atoms with E-state index < -0.39 is 17.5 Å². The quantitative estimate of drug-likeness (QED) is 0.0420. The van der Waals surface area contributed by atoms with E-state index in [0.29, 0.717) is 67.6 Å². The molecule has 1 unspecified atom stereocenters. The van der Waals surface area contributed by atoms with Crippen molar-refractivity contribution in [1.82, 2.24) is 40.6 Å². The summed E-state index contributed by atoms with van der Waals surface area (Å²) in [5.41, 5.74) is 4.27. The molecule has 0 radical (unpaired) electrons. The number of H-pyrrole nitrogens is 1. The molecule has 18 nitrogen and oxygen atoms in total. The van der Waals surface area contributed by atoms with Crippen molar-refractivity contribution in [3.05, 3.63) is 119 Å². The Balaban J connectivity index is 0.00000703. The van der Waals surface area contributed by atoms with E-state index >= 15 is 0 Å². The summed E-state index contributed by atoms with van der Waals surface area (Å²) in [4.78, 5) is 75.9. The number of piperidine rings is 2. The van der Waals surface area contributed by atoms with Crippen LogP contribution in [-0.4, -0.2) is 119 Å². The van der Waals surface area contributed by atoms with Crippen molar-refractivity contribution in [3.8, 4) is 17.1 Å². The van der Waals surface area contributed by atoms with Gasteiger partial charge in [-0.1, -0.05) is 24.3 Å². The Morgan fingerprint density at radius 1 is 0.870 bits per heavy atom. The minimum atomic E-state index is -0.730. The van der Waals surface area contributed by atoms with Crippen molar-refractivity contribution < 1.29 is 38.2 Å². The minimum Gasteiger partial charge on any atom is -0.494 e. The molecule has 5 amide bonds. The number of pyridine rings is 1. The fraction of sp³-hybridized carbons (Fsp3) is 0.400. The molecular weight excluding hydrogens is 904 g/mol. The van der Waals surface area contributed by atoms with Gasteiger partial charge in [0.25, 0.3) is 11.8 Å². The average Bonchev–Trinajstić information content (AvgIpc) is 3.99. The number of hydrogen-bond acceptors (Lipinski definition) is 13. The van der Waals surface area contributed by atoms with Crippen LogP contribution in [0, 0.1) is 0 Å². The number of unbranched alkanes of at least 4 members (excludes halogenated alkanes) is 2. The van der Waals surface area contributed by atoms with Crippen LogP contribution in [0.25, 0.3) is 11.4 Å². The number of fused-ring (bicyclic) bond motifs is 1. The summed E-state index contributed by atoms with van der Waals surface area (Å²) in [6, 6.07) is 23.4. The number of aromatic amines is 1. The van der Waals surface area contributed by atoms with Gasteiger partial charge in [0, 0.05) is 98.4 Å². The van der Waals surface area contributed by atoms with E-state index in [4.69, 9.17) is 19.2 Å². The molecule has 3 aliphatic heterocycles. The summed E-state index contributed by atoms with van der Waals surface area (Å²) in [6.45, 7) is 4.15. The standard InChI is InChI=1S/C50H58N10O8.ClH/c1-59-23-19-50(20-24-59,49-55-45(57-58-49)35-17-21-51-22-18-35)56-37-11-6-10-36(30-37)46(63)52-31-34-9-5-12-38(29-34)68-28-4-2-3-25-66-26-8-27-67-33-44(62)53-41-14-7-13-39-40(41)32-60(48(39)65)42-15-16-43(61)54-47(42)64;/h5-7,9-14,17-18,21-22,29-30,42,56H,2-4,8,15-16,19-20,23-28,31-33H2,1H3,(H,52,63)(H,53,62)(H,54,61,64)(H,55,57,58);1H. The number of rotatable bonds is 22. The molecule has 364 valence electrons. The third-order valence-corrected chi connectivity index (χ3v) is 12.4. The lowest BCUT2D eigenvalue weighted by Crippen LogP contribution is -2.52. The average molecular weight is 964 g/mol. The first-order valence-corrected chi connectivity index (χ1v) is 23.3. The van der Waals surface area contributed by atoms with Gasteiger partial charge < -0.3 is 40.0 Å². The lowest BCUT2D eigenvalue weighted by Gasteiger charge is -2.40. The molecule has 5 N–H and O–H groups in total. The molecule has 0 spiro atoms. The van der Waals surface area contributed by atoms with Gasteiger partial charge in [0.2, 0.25) is 17.7 Å². The third-order valence-electron chi connectivity index (χ3n) is 12.4. The van der Waals surface area contributed by atoms with Crippen LogP contribution >= 0.6 is 12.4 Å². The van der Waals surface area contributed by atoms with Crippen LogP contribution in [-0.2, 0) is 42.5 Å². The van der Waals surface area contributed by atoms with E-state index in [1.165, 1.54) is 4.90 Å². The molecule has 19 heteroatoms. The minimum absolute atomic E-state index is 0. The van der Waals surface area contributed by atoms with E-state index in [0.717, 1.165) is 73.6 Å². The van der Waals surface area contributed by atoms with Gasteiger partial charge in [-0.25, -0.2) is 4.98 Å². The van der Waals surface area contributed by atoms with Crippen molar-refractivity contribution in [2.45, 2.75) is 76.0 Å². The van der Waals surface area contributed by atoms with Gasteiger partial charge in [-0.2, -0.15) is 5.10 Å². The normalized spacial score (nSPS) is 16.6. The van der Waals surface area contributed by atoms with Gasteiger partial charge in [-0.3, -0.25) is 39.4 Å². The lowest BCUT2D eigenvalue weighted by atomic mass is 9.86. The smallest absolute Gasteiger partial charge is 0.255 e. The maximum absolute atomic E-state index is 13.4. The fourth-order valence-corrected chi connectivity index (χ4v) is 8.66. The van der Waals surface area contributed by atoms with E-state index in [9.17, 15) is 24.0 Å². The molecule has 0 aliphatic carbocycles. The highest BCUT2D eigenvalue weighted by Gasteiger charge is 2.41. The molecule has 69 heavy (non-hydrogen) atoms. The monoisotopic (exact) mass is 962 g/mol. The van der Waals surface area contributed by atoms with Crippen molar-refractivity contribution >= 4 is 53.3 Å². The van der Waals surface area contributed by atoms with Gasteiger partial charge in [-0.15, -0.1) is 12.4 Å². The summed E-state index contributed by atoms with van der Waals surface area (Å²) in [7, 11) is 2.12. The Morgan fingerprint density at radius 2 is 1.64 bits per heavy atom. The highest BCUT2D eigenvalue weighted by atomic mass is 35.5. The highest BCUT2D eigenvalue weighted by molar-refractivity contribution is 6.07. The Kier molecular flexibility index (Phi) is 17.5. The van der Waals surface area contributed by atoms with Crippen molar-refractivity contribution in [3.63, 3.8) is 0 Å². The first-order valence-electron chi connectivity index (χ1n) is 23.3. The van der Waals surface area contributed by atoms with Crippen LogP contribution in [0.5, 0.6) is 5.75 Å². The Morgan fingerprint density at radius 3 is 2.46 bits per heavy atom. The molecule has 5 aromatic rings.